The Morgan fingerprint density at radius 1 is 1.10 bits per heavy atom. The Balaban J connectivity index is 2.14. The molecule has 2 aromatic heterocycles. The van der Waals surface area contributed by atoms with Crippen LogP contribution in [0, 0.1) is 6.92 Å². The summed E-state index contributed by atoms with van der Waals surface area (Å²) in [7, 11) is 0. The number of thiophene rings is 1. The molecule has 0 saturated carbocycles. The monoisotopic (exact) mass is 283 g/mol. The van der Waals surface area contributed by atoms with Crippen LogP contribution in [0.25, 0.3) is 21.6 Å². The summed E-state index contributed by atoms with van der Waals surface area (Å²) in [5.41, 5.74) is 0.988. The van der Waals surface area contributed by atoms with E-state index in [-0.39, 0.29) is 0 Å². The summed E-state index contributed by atoms with van der Waals surface area (Å²) in [6.07, 6.45) is 1.08. The molecular weight excluding hydrogens is 266 g/mol. The molecule has 0 saturated heterocycles. The highest BCUT2D eigenvalue weighted by atomic mass is 32.1. The van der Waals surface area contributed by atoms with E-state index in [0.717, 1.165) is 40.4 Å². The van der Waals surface area contributed by atoms with E-state index < -0.39 is 0 Å². The number of para-hydroxylation sites is 1. The molecule has 1 aromatic carbocycles. The number of aromatic nitrogens is 2. The first-order valence-corrected chi connectivity index (χ1v) is 7.67. The quantitative estimate of drug-likeness (QED) is 0.766. The van der Waals surface area contributed by atoms with Crippen molar-refractivity contribution in [2.75, 3.05) is 11.9 Å². The highest BCUT2D eigenvalue weighted by Crippen LogP contribution is 2.29. The summed E-state index contributed by atoms with van der Waals surface area (Å²) in [6.45, 7) is 5.18. The van der Waals surface area contributed by atoms with E-state index in [1.54, 1.807) is 11.3 Å². The maximum Gasteiger partial charge on any atom is 0.172 e. The van der Waals surface area contributed by atoms with Gasteiger partial charge < -0.3 is 5.32 Å². The Bertz CT molecular complexity index is 733. The highest BCUT2D eigenvalue weighted by Gasteiger charge is 2.10. The molecule has 0 spiro atoms. The molecule has 0 atom stereocenters. The van der Waals surface area contributed by atoms with Crippen molar-refractivity contribution in [1.29, 1.82) is 0 Å². The molecule has 4 heteroatoms. The summed E-state index contributed by atoms with van der Waals surface area (Å²) in [4.78, 5) is 11.8. The highest BCUT2D eigenvalue weighted by molar-refractivity contribution is 7.15. The molecule has 0 aliphatic carbocycles. The predicted octanol–water partition coefficient (Wildman–Crippen LogP) is 4.49. The van der Waals surface area contributed by atoms with Crippen LogP contribution in [0.5, 0.6) is 0 Å². The minimum Gasteiger partial charge on any atom is -0.369 e. The first kappa shape index (κ1) is 13.1. The average molecular weight is 283 g/mol. The molecule has 0 aliphatic heterocycles. The molecule has 0 radical (unpaired) electrons. The van der Waals surface area contributed by atoms with Crippen LogP contribution in [-0.2, 0) is 0 Å². The van der Waals surface area contributed by atoms with Gasteiger partial charge in [-0.1, -0.05) is 19.1 Å². The predicted molar refractivity (Wildman–Crippen MR) is 86.4 cm³/mol. The fourth-order valence-corrected chi connectivity index (χ4v) is 2.92. The molecule has 0 unspecified atom stereocenters. The molecule has 2 heterocycles. The SMILES string of the molecule is CCCNc1nc(-c2ccc(C)s2)nc2ccccc12. The summed E-state index contributed by atoms with van der Waals surface area (Å²) >= 11 is 1.73. The summed E-state index contributed by atoms with van der Waals surface area (Å²) < 4.78 is 0. The number of rotatable bonds is 4. The van der Waals surface area contributed by atoms with Crippen molar-refractivity contribution in [2.24, 2.45) is 0 Å². The number of anilines is 1. The molecule has 0 fully saturated rings. The minimum atomic E-state index is 0.806. The standard InChI is InChI=1S/C16H17N3S/c1-3-10-17-15-12-6-4-5-7-13(12)18-16(19-15)14-9-8-11(2)20-14/h4-9H,3,10H2,1-2H3,(H,17,18,19). The Morgan fingerprint density at radius 3 is 2.70 bits per heavy atom. The van der Waals surface area contributed by atoms with E-state index in [1.807, 2.05) is 18.2 Å². The van der Waals surface area contributed by atoms with Gasteiger partial charge in [0.25, 0.3) is 0 Å². The second kappa shape index (κ2) is 5.59. The van der Waals surface area contributed by atoms with Crippen molar-refractivity contribution >= 4 is 28.1 Å². The Morgan fingerprint density at radius 2 is 1.95 bits per heavy atom. The third-order valence-corrected chi connectivity index (χ3v) is 4.10. The van der Waals surface area contributed by atoms with Gasteiger partial charge in [-0.3, -0.25) is 0 Å². The third-order valence-electron chi connectivity index (χ3n) is 3.11. The summed E-state index contributed by atoms with van der Waals surface area (Å²) in [5, 5.41) is 4.49. The number of aryl methyl sites for hydroxylation is 1. The van der Waals surface area contributed by atoms with Crippen LogP contribution < -0.4 is 5.32 Å². The molecular formula is C16H17N3S. The summed E-state index contributed by atoms with van der Waals surface area (Å²) in [5.74, 6) is 1.74. The van der Waals surface area contributed by atoms with Gasteiger partial charge in [-0.15, -0.1) is 11.3 Å². The van der Waals surface area contributed by atoms with Crippen molar-refractivity contribution in [1.82, 2.24) is 9.97 Å². The number of hydrogen-bond acceptors (Lipinski definition) is 4. The van der Waals surface area contributed by atoms with Crippen molar-refractivity contribution in [3.05, 3.63) is 41.3 Å². The number of hydrogen-bond donors (Lipinski definition) is 1. The first-order valence-electron chi connectivity index (χ1n) is 6.85. The first-order chi connectivity index (χ1) is 9.78. The van der Waals surface area contributed by atoms with Crippen molar-refractivity contribution in [3.63, 3.8) is 0 Å². The van der Waals surface area contributed by atoms with Crippen LogP contribution in [-0.4, -0.2) is 16.5 Å². The third kappa shape index (κ3) is 2.51. The Hall–Kier alpha value is -1.94. The van der Waals surface area contributed by atoms with E-state index in [1.165, 1.54) is 4.88 Å². The number of benzene rings is 1. The normalized spacial score (nSPS) is 10.9. The molecule has 0 bridgehead atoms. The van der Waals surface area contributed by atoms with Crippen LogP contribution in [0.15, 0.2) is 36.4 Å². The molecule has 3 rings (SSSR count). The van der Waals surface area contributed by atoms with Gasteiger partial charge in [-0.2, -0.15) is 0 Å². The number of nitrogens with one attached hydrogen (secondary N) is 1. The lowest BCUT2D eigenvalue weighted by molar-refractivity contribution is 0.970. The van der Waals surface area contributed by atoms with Crippen LogP contribution in [0.3, 0.4) is 0 Å². The fourth-order valence-electron chi connectivity index (χ4n) is 2.12. The second-order valence-corrected chi connectivity index (χ2v) is 6.04. The van der Waals surface area contributed by atoms with Crippen LogP contribution >= 0.6 is 11.3 Å². The Labute approximate surface area is 122 Å². The van der Waals surface area contributed by atoms with E-state index in [9.17, 15) is 0 Å². The maximum absolute atomic E-state index is 4.71. The maximum atomic E-state index is 4.71. The molecule has 1 N–H and O–H groups in total. The van der Waals surface area contributed by atoms with Gasteiger partial charge in [0, 0.05) is 16.8 Å². The van der Waals surface area contributed by atoms with E-state index >= 15 is 0 Å². The lowest BCUT2D eigenvalue weighted by Gasteiger charge is -2.09. The largest absolute Gasteiger partial charge is 0.369 e. The number of fused-ring (bicyclic) bond motifs is 1. The average Bonchev–Trinajstić information content (AvgIpc) is 2.91. The van der Waals surface area contributed by atoms with Crippen molar-refractivity contribution in [3.8, 4) is 10.7 Å². The van der Waals surface area contributed by atoms with Crippen LogP contribution in [0.1, 0.15) is 18.2 Å². The smallest absolute Gasteiger partial charge is 0.172 e. The van der Waals surface area contributed by atoms with Gasteiger partial charge in [0.1, 0.15) is 5.82 Å². The zero-order valence-corrected chi connectivity index (χ0v) is 12.5. The van der Waals surface area contributed by atoms with Gasteiger partial charge >= 0.3 is 0 Å². The minimum absolute atomic E-state index is 0.806. The Kier molecular flexibility index (Phi) is 3.65. The molecule has 20 heavy (non-hydrogen) atoms. The lowest BCUT2D eigenvalue weighted by atomic mass is 10.2. The van der Waals surface area contributed by atoms with E-state index in [0.29, 0.717) is 0 Å². The fraction of sp³-hybridized carbons (Fsp3) is 0.250. The van der Waals surface area contributed by atoms with Crippen molar-refractivity contribution in [2.45, 2.75) is 20.3 Å². The zero-order valence-electron chi connectivity index (χ0n) is 11.7. The van der Waals surface area contributed by atoms with E-state index in [2.05, 4.69) is 42.3 Å². The van der Waals surface area contributed by atoms with Crippen molar-refractivity contribution < 1.29 is 0 Å². The van der Waals surface area contributed by atoms with Crippen LogP contribution in [0.4, 0.5) is 5.82 Å². The lowest BCUT2D eigenvalue weighted by Crippen LogP contribution is -2.04. The molecule has 0 aliphatic rings. The summed E-state index contributed by atoms with van der Waals surface area (Å²) in [6, 6.07) is 12.3. The molecule has 3 nitrogen and oxygen atoms in total. The molecule has 102 valence electrons. The van der Waals surface area contributed by atoms with Gasteiger partial charge in [0.05, 0.1) is 10.4 Å². The number of nitrogens with zero attached hydrogens (tertiary/aromatic N) is 2. The molecule has 3 aromatic rings. The van der Waals surface area contributed by atoms with Gasteiger partial charge in [0.15, 0.2) is 5.82 Å². The molecule has 0 amide bonds. The second-order valence-electron chi connectivity index (χ2n) is 4.75. The van der Waals surface area contributed by atoms with Crippen LogP contribution in [0.2, 0.25) is 0 Å². The van der Waals surface area contributed by atoms with Gasteiger partial charge in [-0.05, 0) is 37.6 Å². The zero-order chi connectivity index (χ0) is 13.9. The van der Waals surface area contributed by atoms with Gasteiger partial charge in [-0.25, -0.2) is 9.97 Å². The topological polar surface area (TPSA) is 37.8 Å². The van der Waals surface area contributed by atoms with E-state index in [4.69, 9.17) is 4.98 Å². The van der Waals surface area contributed by atoms with Gasteiger partial charge in [0.2, 0.25) is 0 Å².